The molecule has 4 heteroatoms. The number of carboxylic acids is 1. The highest BCUT2D eigenvalue weighted by molar-refractivity contribution is 5.74. The molecule has 16 heavy (non-hydrogen) atoms. The number of para-hydroxylation sites is 1. The lowest BCUT2D eigenvalue weighted by atomic mass is 9.85. The number of methoxy groups -OCH3 is 1. The highest BCUT2D eigenvalue weighted by Crippen LogP contribution is 2.29. The fourth-order valence-corrected chi connectivity index (χ4v) is 1.47. The van der Waals surface area contributed by atoms with Crippen LogP contribution in [0.4, 0.5) is 4.39 Å². The van der Waals surface area contributed by atoms with Gasteiger partial charge in [-0.25, -0.2) is 4.39 Å². The first kappa shape index (κ1) is 12.5. The van der Waals surface area contributed by atoms with Crippen molar-refractivity contribution in [3.8, 4) is 5.75 Å². The second-order valence-corrected chi connectivity index (χ2v) is 4.30. The summed E-state index contributed by atoms with van der Waals surface area (Å²) in [6, 6.07) is 4.51. The molecule has 1 aromatic rings. The van der Waals surface area contributed by atoms with Crippen LogP contribution in [0, 0.1) is 11.2 Å². The first-order chi connectivity index (χ1) is 7.38. The van der Waals surface area contributed by atoms with Gasteiger partial charge in [0.2, 0.25) is 0 Å². The number of hydrogen-bond acceptors (Lipinski definition) is 2. The summed E-state index contributed by atoms with van der Waals surface area (Å²) in [4.78, 5) is 11.0. The molecule has 0 aliphatic carbocycles. The van der Waals surface area contributed by atoms with Crippen molar-refractivity contribution in [1.29, 1.82) is 0 Å². The van der Waals surface area contributed by atoms with Gasteiger partial charge in [0, 0.05) is 0 Å². The molecule has 0 saturated carbocycles. The van der Waals surface area contributed by atoms with Crippen LogP contribution in [-0.4, -0.2) is 18.2 Å². The number of carboxylic acid groups (broad SMARTS) is 1. The molecule has 0 heterocycles. The van der Waals surface area contributed by atoms with Crippen LogP contribution in [0.2, 0.25) is 0 Å². The lowest BCUT2D eigenvalue weighted by Crippen LogP contribution is -2.26. The Hall–Kier alpha value is -1.58. The van der Waals surface area contributed by atoms with Crippen LogP contribution in [0.15, 0.2) is 18.2 Å². The Balaban J connectivity index is 3.06. The molecule has 0 fully saturated rings. The summed E-state index contributed by atoms with van der Waals surface area (Å²) in [5.74, 6) is -1.27. The van der Waals surface area contributed by atoms with E-state index in [1.54, 1.807) is 26.0 Å². The molecule has 1 N–H and O–H groups in total. The Morgan fingerprint density at radius 1 is 1.50 bits per heavy atom. The van der Waals surface area contributed by atoms with Crippen molar-refractivity contribution in [1.82, 2.24) is 0 Å². The third kappa shape index (κ3) is 2.51. The largest absolute Gasteiger partial charge is 0.493 e. The number of rotatable bonds is 4. The summed E-state index contributed by atoms with van der Waals surface area (Å²) in [6.45, 7) is 3.19. The minimum Gasteiger partial charge on any atom is -0.493 e. The maximum absolute atomic E-state index is 13.4. The molecule has 3 nitrogen and oxygen atoms in total. The summed E-state index contributed by atoms with van der Waals surface area (Å²) < 4.78 is 18.3. The van der Waals surface area contributed by atoms with Gasteiger partial charge in [-0.3, -0.25) is 4.79 Å². The Kier molecular flexibility index (Phi) is 3.52. The normalized spacial score (nSPS) is 11.2. The maximum Gasteiger partial charge on any atom is 0.309 e. The van der Waals surface area contributed by atoms with Gasteiger partial charge in [0.15, 0.2) is 11.6 Å². The average Bonchev–Trinajstić information content (AvgIpc) is 2.17. The van der Waals surface area contributed by atoms with Gasteiger partial charge in [0.1, 0.15) is 0 Å². The molecule has 1 rings (SSSR count). The topological polar surface area (TPSA) is 46.5 Å². The number of halogens is 1. The minimum absolute atomic E-state index is 0.122. The third-order valence-corrected chi connectivity index (χ3v) is 2.46. The van der Waals surface area contributed by atoms with Crippen molar-refractivity contribution in [2.45, 2.75) is 20.3 Å². The summed E-state index contributed by atoms with van der Waals surface area (Å²) in [7, 11) is 1.37. The van der Waals surface area contributed by atoms with Crippen molar-refractivity contribution in [2.24, 2.45) is 5.41 Å². The molecular weight excluding hydrogens is 211 g/mol. The first-order valence-corrected chi connectivity index (χ1v) is 4.93. The predicted octanol–water partition coefficient (Wildman–Crippen LogP) is 2.49. The molecule has 0 amide bonds. The molecule has 88 valence electrons. The van der Waals surface area contributed by atoms with Crippen LogP contribution in [0.25, 0.3) is 0 Å². The van der Waals surface area contributed by atoms with Crippen LogP contribution in [0.5, 0.6) is 5.75 Å². The number of hydrogen-bond donors (Lipinski definition) is 1. The zero-order valence-corrected chi connectivity index (χ0v) is 9.58. The maximum atomic E-state index is 13.4. The highest BCUT2D eigenvalue weighted by atomic mass is 19.1. The van der Waals surface area contributed by atoms with Crippen LogP contribution in [-0.2, 0) is 11.2 Å². The van der Waals surface area contributed by atoms with E-state index in [1.807, 2.05) is 0 Å². The van der Waals surface area contributed by atoms with Crippen molar-refractivity contribution in [2.75, 3.05) is 7.11 Å². The lowest BCUT2D eigenvalue weighted by molar-refractivity contribution is -0.146. The molecule has 0 aliphatic heterocycles. The third-order valence-electron chi connectivity index (χ3n) is 2.46. The first-order valence-electron chi connectivity index (χ1n) is 4.93. The predicted molar refractivity (Wildman–Crippen MR) is 58.1 cm³/mol. The van der Waals surface area contributed by atoms with Gasteiger partial charge in [-0.1, -0.05) is 12.1 Å². The number of carbonyl (C=O) groups is 1. The summed E-state index contributed by atoms with van der Waals surface area (Å²) >= 11 is 0. The van der Waals surface area contributed by atoms with Gasteiger partial charge in [0.25, 0.3) is 0 Å². The zero-order valence-electron chi connectivity index (χ0n) is 9.58. The number of benzene rings is 1. The smallest absolute Gasteiger partial charge is 0.309 e. The Morgan fingerprint density at radius 2 is 2.12 bits per heavy atom. The monoisotopic (exact) mass is 226 g/mol. The Labute approximate surface area is 93.9 Å². The van der Waals surface area contributed by atoms with Crippen LogP contribution in [0.1, 0.15) is 19.4 Å². The van der Waals surface area contributed by atoms with Crippen LogP contribution < -0.4 is 4.74 Å². The van der Waals surface area contributed by atoms with Gasteiger partial charge < -0.3 is 9.84 Å². The van der Waals surface area contributed by atoms with E-state index in [-0.39, 0.29) is 12.2 Å². The Morgan fingerprint density at radius 3 is 2.62 bits per heavy atom. The second-order valence-electron chi connectivity index (χ2n) is 4.30. The van der Waals surface area contributed by atoms with E-state index in [9.17, 15) is 9.18 Å². The van der Waals surface area contributed by atoms with E-state index in [0.717, 1.165) is 0 Å². The van der Waals surface area contributed by atoms with Crippen molar-refractivity contribution in [3.63, 3.8) is 0 Å². The average molecular weight is 226 g/mol. The molecule has 0 saturated heterocycles. The van der Waals surface area contributed by atoms with Crippen molar-refractivity contribution >= 4 is 5.97 Å². The minimum atomic E-state index is -0.943. The van der Waals surface area contributed by atoms with Crippen molar-refractivity contribution < 1.29 is 19.0 Å². The summed E-state index contributed by atoms with van der Waals surface area (Å²) in [5.41, 5.74) is -0.379. The SMILES string of the molecule is COc1c(F)cccc1CC(C)(C)C(=O)O. The number of ether oxygens (including phenoxy) is 1. The van der Waals surface area contributed by atoms with Crippen LogP contribution in [0.3, 0.4) is 0 Å². The van der Waals surface area contributed by atoms with E-state index in [2.05, 4.69) is 0 Å². The molecule has 0 atom stereocenters. The van der Waals surface area contributed by atoms with E-state index < -0.39 is 17.2 Å². The molecule has 0 bridgehead atoms. The molecular formula is C12H15FO3. The fourth-order valence-electron chi connectivity index (χ4n) is 1.47. The number of aliphatic carboxylic acids is 1. The highest BCUT2D eigenvalue weighted by Gasteiger charge is 2.29. The van der Waals surface area contributed by atoms with Gasteiger partial charge >= 0.3 is 5.97 Å². The molecule has 0 radical (unpaired) electrons. The quantitative estimate of drug-likeness (QED) is 0.857. The molecule has 0 unspecified atom stereocenters. The van der Waals surface area contributed by atoms with E-state index in [0.29, 0.717) is 5.56 Å². The van der Waals surface area contributed by atoms with E-state index in [1.165, 1.54) is 13.2 Å². The van der Waals surface area contributed by atoms with Gasteiger partial charge in [-0.05, 0) is 31.9 Å². The van der Waals surface area contributed by atoms with Gasteiger partial charge in [-0.2, -0.15) is 0 Å². The Bertz CT molecular complexity index is 399. The fraction of sp³-hybridized carbons (Fsp3) is 0.417. The summed E-state index contributed by atoms with van der Waals surface area (Å²) in [5, 5.41) is 9.00. The molecule has 0 aliphatic rings. The molecule has 1 aromatic carbocycles. The second kappa shape index (κ2) is 4.51. The van der Waals surface area contributed by atoms with Crippen molar-refractivity contribution in [3.05, 3.63) is 29.6 Å². The zero-order chi connectivity index (χ0) is 12.3. The van der Waals surface area contributed by atoms with Gasteiger partial charge in [0.05, 0.1) is 12.5 Å². The standard InChI is InChI=1S/C12H15FO3/c1-12(2,11(14)15)7-8-5-4-6-9(13)10(8)16-3/h4-6H,7H2,1-3H3,(H,14,15). The van der Waals surface area contributed by atoms with E-state index in [4.69, 9.17) is 9.84 Å². The van der Waals surface area contributed by atoms with E-state index >= 15 is 0 Å². The van der Waals surface area contributed by atoms with Gasteiger partial charge in [-0.15, -0.1) is 0 Å². The molecule has 0 aromatic heterocycles. The van der Waals surface area contributed by atoms with Crippen LogP contribution >= 0.6 is 0 Å². The molecule has 0 spiro atoms. The summed E-state index contributed by atoms with van der Waals surface area (Å²) in [6.07, 6.45) is 0.225. The lowest BCUT2D eigenvalue weighted by Gasteiger charge is -2.20.